The van der Waals surface area contributed by atoms with Gasteiger partial charge < -0.3 is 0 Å². The lowest BCUT2D eigenvalue weighted by Crippen LogP contribution is -2.28. The maximum Gasteiger partial charge on any atom is 0.244 e. The summed E-state index contributed by atoms with van der Waals surface area (Å²) in [5, 5.41) is 1.92. The molecule has 2 aromatic heterocycles. The van der Waals surface area contributed by atoms with Gasteiger partial charge in [0, 0.05) is 24.7 Å². The lowest BCUT2D eigenvalue weighted by Gasteiger charge is -2.15. The Balaban J connectivity index is 2.08. The molecule has 2 aromatic rings. The molecule has 0 unspecified atom stereocenters. The van der Waals surface area contributed by atoms with Crippen LogP contribution in [0.4, 0.5) is 0 Å². The summed E-state index contributed by atoms with van der Waals surface area (Å²) < 4.78 is 27.9. The minimum atomic E-state index is -3.40. The molecular weight excluding hydrogens is 336 g/mol. The molecule has 0 amide bonds. The molecule has 1 aliphatic carbocycles. The molecule has 1 saturated carbocycles. The van der Waals surface area contributed by atoms with Gasteiger partial charge in [-0.1, -0.05) is 0 Å². The molecule has 0 aliphatic heterocycles. The van der Waals surface area contributed by atoms with E-state index in [1.54, 1.807) is 13.1 Å². The van der Waals surface area contributed by atoms with Gasteiger partial charge in [0.25, 0.3) is 0 Å². The van der Waals surface area contributed by atoms with Gasteiger partial charge in [0.1, 0.15) is 4.90 Å². The fourth-order valence-electron chi connectivity index (χ4n) is 1.81. The van der Waals surface area contributed by atoms with Crippen LogP contribution in [-0.2, 0) is 10.0 Å². The first-order valence-corrected chi connectivity index (χ1v) is 8.62. The Kier molecular flexibility index (Phi) is 2.97. The summed E-state index contributed by atoms with van der Waals surface area (Å²) in [5.74, 6) is 0. The van der Waals surface area contributed by atoms with Crippen molar-refractivity contribution in [1.82, 2.24) is 9.29 Å². The Morgan fingerprint density at radius 1 is 1.50 bits per heavy atom. The number of hydrogen-bond donors (Lipinski definition) is 0. The van der Waals surface area contributed by atoms with Gasteiger partial charge in [-0.15, -0.1) is 11.3 Å². The molecule has 0 radical (unpaired) electrons. The summed E-state index contributed by atoms with van der Waals surface area (Å²) in [6.45, 7) is 0. The average Bonchev–Trinajstić information content (AvgIpc) is 3.13. The molecule has 0 saturated heterocycles. The van der Waals surface area contributed by atoms with E-state index in [0.29, 0.717) is 0 Å². The number of rotatable bonds is 3. The van der Waals surface area contributed by atoms with Gasteiger partial charge in [0.05, 0.1) is 14.7 Å². The number of hydrogen-bond acceptors (Lipinski definition) is 4. The molecule has 3 rings (SSSR count). The first-order chi connectivity index (χ1) is 8.50. The van der Waals surface area contributed by atoms with Gasteiger partial charge in [0.15, 0.2) is 0 Å². The van der Waals surface area contributed by atoms with Crippen LogP contribution in [0.1, 0.15) is 12.8 Å². The topological polar surface area (TPSA) is 50.3 Å². The lowest BCUT2D eigenvalue weighted by molar-refractivity contribution is 0.464. The van der Waals surface area contributed by atoms with Crippen LogP contribution in [0.2, 0.25) is 0 Å². The smallest absolute Gasteiger partial charge is 0.244 e. The van der Waals surface area contributed by atoms with Gasteiger partial charge in [-0.25, -0.2) is 8.42 Å². The van der Waals surface area contributed by atoms with Crippen LogP contribution in [-0.4, -0.2) is 30.8 Å². The zero-order valence-electron chi connectivity index (χ0n) is 9.63. The van der Waals surface area contributed by atoms with Crippen molar-refractivity contribution in [2.24, 2.45) is 0 Å². The summed E-state index contributed by atoms with van der Waals surface area (Å²) in [5.41, 5.74) is 0.813. The van der Waals surface area contributed by atoms with Crippen molar-refractivity contribution in [3.05, 3.63) is 22.1 Å². The Bertz CT molecular complexity index is 707. The Labute approximate surface area is 118 Å². The van der Waals surface area contributed by atoms with E-state index in [-0.39, 0.29) is 10.9 Å². The van der Waals surface area contributed by atoms with E-state index in [2.05, 4.69) is 20.9 Å². The summed E-state index contributed by atoms with van der Waals surface area (Å²) in [4.78, 5) is 4.50. The van der Waals surface area contributed by atoms with E-state index in [1.807, 2.05) is 5.38 Å². The van der Waals surface area contributed by atoms with Crippen molar-refractivity contribution in [2.45, 2.75) is 23.8 Å². The monoisotopic (exact) mass is 346 g/mol. The lowest BCUT2D eigenvalue weighted by atomic mass is 10.4. The fraction of sp³-hybridized carbons (Fsp3) is 0.364. The summed E-state index contributed by atoms with van der Waals surface area (Å²) in [7, 11) is -1.76. The van der Waals surface area contributed by atoms with Crippen molar-refractivity contribution in [3.8, 4) is 0 Å². The Hall–Kier alpha value is -0.500. The standard InChI is InChI=1S/C11H11BrN2O2S2/c1-14(7-2-3-7)18(15,16)8-4-10-11(13-5-8)9(12)6-17-10/h4-7H,2-3H2,1H3. The minimum Gasteiger partial charge on any atom is -0.253 e. The summed E-state index contributed by atoms with van der Waals surface area (Å²) in [6, 6.07) is 1.87. The molecule has 0 bridgehead atoms. The highest BCUT2D eigenvalue weighted by atomic mass is 79.9. The fourth-order valence-corrected chi connectivity index (χ4v) is 4.81. The van der Waals surface area contributed by atoms with Crippen molar-refractivity contribution in [3.63, 3.8) is 0 Å². The first kappa shape index (κ1) is 12.5. The van der Waals surface area contributed by atoms with E-state index in [0.717, 1.165) is 27.5 Å². The van der Waals surface area contributed by atoms with Crippen LogP contribution in [0, 0.1) is 0 Å². The second-order valence-corrected chi connectivity index (χ2v) is 8.12. The van der Waals surface area contributed by atoms with Crippen LogP contribution in [0.25, 0.3) is 10.2 Å². The number of aromatic nitrogens is 1. The molecule has 1 aliphatic rings. The van der Waals surface area contributed by atoms with Crippen LogP contribution < -0.4 is 0 Å². The summed E-state index contributed by atoms with van der Waals surface area (Å²) in [6.07, 6.45) is 3.35. The van der Waals surface area contributed by atoms with Gasteiger partial charge >= 0.3 is 0 Å². The quantitative estimate of drug-likeness (QED) is 0.858. The molecule has 18 heavy (non-hydrogen) atoms. The maximum atomic E-state index is 12.3. The van der Waals surface area contributed by atoms with E-state index in [9.17, 15) is 8.42 Å². The maximum absolute atomic E-state index is 12.3. The number of sulfonamides is 1. The zero-order chi connectivity index (χ0) is 12.9. The normalized spacial score (nSPS) is 16.6. The molecule has 0 spiro atoms. The Morgan fingerprint density at radius 3 is 2.89 bits per heavy atom. The van der Waals surface area contributed by atoms with Gasteiger partial charge in [-0.3, -0.25) is 4.98 Å². The third-order valence-corrected chi connectivity index (χ3v) is 6.78. The molecular formula is C11H11BrN2O2S2. The van der Waals surface area contributed by atoms with Gasteiger partial charge in [-0.05, 0) is 34.8 Å². The molecule has 2 heterocycles. The summed E-state index contributed by atoms with van der Waals surface area (Å²) >= 11 is 4.88. The average molecular weight is 347 g/mol. The van der Waals surface area contributed by atoms with Crippen LogP contribution in [0.3, 0.4) is 0 Å². The predicted molar refractivity (Wildman–Crippen MR) is 75.3 cm³/mol. The van der Waals surface area contributed by atoms with E-state index >= 15 is 0 Å². The number of thiophene rings is 1. The van der Waals surface area contributed by atoms with Gasteiger partial charge in [0.2, 0.25) is 10.0 Å². The van der Waals surface area contributed by atoms with Gasteiger partial charge in [-0.2, -0.15) is 4.31 Å². The number of pyridine rings is 1. The zero-order valence-corrected chi connectivity index (χ0v) is 12.8. The third kappa shape index (κ3) is 1.99. The molecule has 96 valence electrons. The highest BCUT2D eigenvalue weighted by molar-refractivity contribution is 9.10. The molecule has 4 nitrogen and oxygen atoms in total. The highest BCUT2D eigenvalue weighted by Gasteiger charge is 2.35. The Morgan fingerprint density at radius 2 is 2.22 bits per heavy atom. The number of halogens is 1. The highest BCUT2D eigenvalue weighted by Crippen LogP contribution is 2.33. The number of nitrogens with zero attached hydrogens (tertiary/aromatic N) is 2. The first-order valence-electron chi connectivity index (χ1n) is 5.51. The van der Waals surface area contributed by atoms with Crippen LogP contribution in [0.5, 0.6) is 0 Å². The van der Waals surface area contributed by atoms with E-state index in [1.165, 1.54) is 21.8 Å². The molecule has 7 heteroatoms. The molecule has 0 N–H and O–H groups in total. The second kappa shape index (κ2) is 4.26. The third-order valence-electron chi connectivity index (χ3n) is 3.08. The van der Waals surface area contributed by atoms with Crippen molar-refractivity contribution in [1.29, 1.82) is 0 Å². The van der Waals surface area contributed by atoms with E-state index in [4.69, 9.17) is 0 Å². The van der Waals surface area contributed by atoms with Crippen molar-refractivity contribution in [2.75, 3.05) is 7.05 Å². The van der Waals surface area contributed by atoms with Crippen molar-refractivity contribution >= 4 is 47.5 Å². The largest absolute Gasteiger partial charge is 0.253 e. The predicted octanol–water partition coefficient (Wildman–Crippen LogP) is 2.84. The second-order valence-electron chi connectivity index (χ2n) is 4.35. The van der Waals surface area contributed by atoms with Crippen molar-refractivity contribution < 1.29 is 8.42 Å². The minimum absolute atomic E-state index is 0.167. The molecule has 0 aromatic carbocycles. The molecule has 1 fully saturated rings. The van der Waals surface area contributed by atoms with Crippen LogP contribution >= 0.6 is 27.3 Å². The van der Waals surface area contributed by atoms with E-state index < -0.39 is 10.0 Å². The number of fused-ring (bicyclic) bond motifs is 1. The molecule has 0 atom stereocenters. The SMILES string of the molecule is CN(C1CC1)S(=O)(=O)c1cnc2c(Br)csc2c1. The van der Waals surface area contributed by atoms with Crippen LogP contribution in [0.15, 0.2) is 27.0 Å².